The van der Waals surface area contributed by atoms with Crippen LogP contribution < -0.4 is 4.74 Å². The van der Waals surface area contributed by atoms with Crippen molar-refractivity contribution in [2.75, 3.05) is 26.8 Å². The minimum atomic E-state index is -0.311. The summed E-state index contributed by atoms with van der Waals surface area (Å²) in [6.45, 7) is 4.93. The predicted molar refractivity (Wildman–Crippen MR) is 81.9 cm³/mol. The van der Waals surface area contributed by atoms with Crippen molar-refractivity contribution in [1.29, 1.82) is 0 Å². The summed E-state index contributed by atoms with van der Waals surface area (Å²) in [6, 6.07) is 5.06. The Labute approximate surface area is 126 Å². The number of para-hydroxylation sites is 1. The van der Waals surface area contributed by atoms with Crippen LogP contribution in [0.3, 0.4) is 0 Å². The van der Waals surface area contributed by atoms with E-state index in [4.69, 9.17) is 4.74 Å². The summed E-state index contributed by atoms with van der Waals surface area (Å²) in [5.74, 6) is 0.0298. The highest BCUT2D eigenvalue weighted by Gasteiger charge is 2.34. The Kier molecular flexibility index (Phi) is 5.59. The smallest absolute Gasteiger partial charge is 0.165 e. The van der Waals surface area contributed by atoms with Crippen LogP contribution >= 0.6 is 0 Å². The molecule has 1 aromatic carbocycles. The Morgan fingerprint density at radius 2 is 2.24 bits per heavy atom. The maximum absolute atomic E-state index is 13.8. The van der Waals surface area contributed by atoms with Crippen molar-refractivity contribution in [3.8, 4) is 5.75 Å². The predicted octanol–water partition coefficient (Wildman–Crippen LogP) is 3.21. The molecule has 0 aromatic heterocycles. The average Bonchev–Trinajstić information content (AvgIpc) is 2.48. The van der Waals surface area contributed by atoms with E-state index in [1.807, 2.05) is 6.07 Å². The lowest BCUT2D eigenvalue weighted by atomic mass is 9.77. The molecule has 0 amide bonds. The highest BCUT2D eigenvalue weighted by Crippen LogP contribution is 2.35. The van der Waals surface area contributed by atoms with Gasteiger partial charge in [0.25, 0.3) is 0 Å². The molecular formula is C17H26FNO2. The van der Waals surface area contributed by atoms with Crippen molar-refractivity contribution in [3.05, 3.63) is 29.6 Å². The molecule has 0 saturated carbocycles. The molecule has 4 heteroatoms. The van der Waals surface area contributed by atoms with Gasteiger partial charge in [-0.2, -0.15) is 0 Å². The lowest BCUT2D eigenvalue weighted by Crippen LogP contribution is -2.44. The molecule has 1 aliphatic rings. The van der Waals surface area contributed by atoms with Gasteiger partial charge in [-0.15, -0.1) is 0 Å². The Bertz CT molecular complexity index is 462. The molecule has 3 nitrogen and oxygen atoms in total. The van der Waals surface area contributed by atoms with Crippen LogP contribution in [0.25, 0.3) is 0 Å². The molecule has 1 fully saturated rings. The van der Waals surface area contributed by atoms with E-state index in [-0.39, 0.29) is 17.8 Å². The molecule has 0 bridgehead atoms. The molecule has 0 spiro atoms. The third-order valence-electron chi connectivity index (χ3n) is 4.50. The number of likely N-dealkylation sites (tertiary alicyclic amines) is 1. The second-order valence-corrected chi connectivity index (χ2v) is 6.15. The van der Waals surface area contributed by atoms with Gasteiger partial charge in [0.05, 0.1) is 7.11 Å². The quantitative estimate of drug-likeness (QED) is 0.874. The van der Waals surface area contributed by atoms with Gasteiger partial charge in [0.1, 0.15) is 0 Å². The second-order valence-electron chi connectivity index (χ2n) is 6.15. The monoisotopic (exact) mass is 295 g/mol. The summed E-state index contributed by atoms with van der Waals surface area (Å²) in [5, 5.41) is 9.79. The van der Waals surface area contributed by atoms with Crippen molar-refractivity contribution in [2.24, 2.45) is 5.41 Å². The second kappa shape index (κ2) is 7.23. The minimum absolute atomic E-state index is 0.00750. The van der Waals surface area contributed by atoms with E-state index in [2.05, 4.69) is 11.8 Å². The summed E-state index contributed by atoms with van der Waals surface area (Å²) >= 11 is 0. The number of hydrogen-bond donors (Lipinski definition) is 1. The van der Waals surface area contributed by atoms with Crippen molar-refractivity contribution in [2.45, 2.75) is 39.2 Å². The molecule has 1 N–H and O–H groups in total. The maximum atomic E-state index is 13.8. The van der Waals surface area contributed by atoms with Gasteiger partial charge in [-0.25, -0.2) is 4.39 Å². The van der Waals surface area contributed by atoms with E-state index in [9.17, 15) is 9.50 Å². The van der Waals surface area contributed by atoms with Crippen LogP contribution in [0.1, 0.15) is 38.2 Å². The van der Waals surface area contributed by atoms with E-state index >= 15 is 0 Å². The number of benzene rings is 1. The zero-order chi connectivity index (χ0) is 15.3. The number of aliphatic hydroxyl groups excluding tert-OH is 1. The molecule has 0 unspecified atom stereocenters. The van der Waals surface area contributed by atoms with Gasteiger partial charge >= 0.3 is 0 Å². The molecule has 0 radical (unpaired) electrons. The van der Waals surface area contributed by atoms with Gasteiger partial charge in [0, 0.05) is 30.7 Å². The topological polar surface area (TPSA) is 32.7 Å². The normalized spacial score (nSPS) is 23.2. The first-order valence-corrected chi connectivity index (χ1v) is 7.79. The number of aliphatic hydroxyl groups is 1. The van der Waals surface area contributed by atoms with Crippen LogP contribution in [0, 0.1) is 11.2 Å². The van der Waals surface area contributed by atoms with Crippen LogP contribution in [0.2, 0.25) is 0 Å². The van der Waals surface area contributed by atoms with Crippen molar-refractivity contribution >= 4 is 0 Å². The number of nitrogens with zero attached hydrogens (tertiary/aromatic N) is 1. The first-order valence-electron chi connectivity index (χ1n) is 7.79. The molecule has 0 aliphatic carbocycles. The Morgan fingerprint density at radius 3 is 2.90 bits per heavy atom. The van der Waals surface area contributed by atoms with E-state index < -0.39 is 0 Å². The zero-order valence-corrected chi connectivity index (χ0v) is 13.1. The third kappa shape index (κ3) is 3.74. The van der Waals surface area contributed by atoms with Gasteiger partial charge in [-0.1, -0.05) is 25.5 Å². The van der Waals surface area contributed by atoms with Crippen molar-refractivity contribution in [1.82, 2.24) is 4.90 Å². The molecule has 21 heavy (non-hydrogen) atoms. The lowest BCUT2D eigenvalue weighted by molar-refractivity contribution is 0.0213. The molecule has 1 aliphatic heterocycles. The standard InChI is InChI=1S/C17H26FNO2/c1-3-8-17(13-20)9-5-10-19(12-17)11-14-6-4-7-15(18)16(14)21-2/h4,6-7,20H,3,5,8-13H2,1-2H3/t17-/m0/s1. The summed E-state index contributed by atoms with van der Waals surface area (Å²) in [4.78, 5) is 2.31. The SMILES string of the molecule is CCC[C@]1(CO)CCCN(Cc2cccc(F)c2OC)C1. The summed E-state index contributed by atoms with van der Waals surface area (Å²) in [5.41, 5.74) is 0.885. The molecular weight excluding hydrogens is 269 g/mol. The Balaban J connectivity index is 2.11. The van der Waals surface area contributed by atoms with Crippen LogP contribution in [0.5, 0.6) is 5.75 Å². The number of rotatable bonds is 6. The molecule has 1 saturated heterocycles. The summed E-state index contributed by atoms with van der Waals surface area (Å²) in [6.07, 6.45) is 4.28. The van der Waals surface area contributed by atoms with Gasteiger partial charge in [0.15, 0.2) is 11.6 Å². The fourth-order valence-electron chi connectivity index (χ4n) is 3.54. The fourth-order valence-corrected chi connectivity index (χ4v) is 3.54. The number of halogens is 1. The van der Waals surface area contributed by atoms with Gasteiger partial charge in [0.2, 0.25) is 0 Å². The van der Waals surface area contributed by atoms with E-state index in [1.54, 1.807) is 6.07 Å². The Hall–Kier alpha value is -1.13. The van der Waals surface area contributed by atoms with Gasteiger partial charge in [-0.3, -0.25) is 4.90 Å². The van der Waals surface area contributed by atoms with Crippen LogP contribution in [0.4, 0.5) is 4.39 Å². The zero-order valence-electron chi connectivity index (χ0n) is 13.1. The molecule has 1 heterocycles. The lowest BCUT2D eigenvalue weighted by Gasteiger charge is -2.42. The van der Waals surface area contributed by atoms with E-state index in [0.29, 0.717) is 12.3 Å². The fraction of sp³-hybridized carbons (Fsp3) is 0.647. The highest BCUT2D eigenvalue weighted by molar-refractivity contribution is 5.34. The average molecular weight is 295 g/mol. The summed E-state index contributed by atoms with van der Waals surface area (Å²) < 4.78 is 19.0. The third-order valence-corrected chi connectivity index (χ3v) is 4.50. The Morgan fingerprint density at radius 1 is 1.43 bits per heavy atom. The highest BCUT2D eigenvalue weighted by atomic mass is 19.1. The minimum Gasteiger partial charge on any atom is -0.493 e. The van der Waals surface area contributed by atoms with Crippen LogP contribution in [0.15, 0.2) is 18.2 Å². The number of piperidine rings is 1. The molecule has 1 atom stereocenters. The number of methoxy groups -OCH3 is 1. The largest absolute Gasteiger partial charge is 0.493 e. The van der Waals surface area contributed by atoms with Crippen LogP contribution in [-0.4, -0.2) is 36.8 Å². The van der Waals surface area contributed by atoms with Gasteiger partial charge < -0.3 is 9.84 Å². The van der Waals surface area contributed by atoms with Crippen LogP contribution in [-0.2, 0) is 6.54 Å². The van der Waals surface area contributed by atoms with Crippen molar-refractivity contribution < 1.29 is 14.2 Å². The number of ether oxygens (including phenoxy) is 1. The first kappa shape index (κ1) is 16.2. The first-order chi connectivity index (χ1) is 10.1. The molecule has 118 valence electrons. The summed E-state index contributed by atoms with van der Waals surface area (Å²) in [7, 11) is 1.51. The van der Waals surface area contributed by atoms with Gasteiger partial charge in [-0.05, 0) is 31.9 Å². The van der Waals surface area contributed by atoms with E-state index in [0.717, 1.165) is 44.3 Å². The van der Waals surface area contributed by atoms with Crippen molar-refractivity contribution in [3.63, 3.8) is 0 Å². The maximum Gasteiger partial charge on any atom is 0.165 e. The number of hydrogen-bond acceptors (Lipinski definition) is 3. The van der Waals surface area contributed by atoms with E-state index in [1.165, 1.54) is 13.2 Å². The molecule has 1 aromatic rings. The molecule has 2 rings (SSSR count).